The predicted molar refractivity (Wildman–Crippen MR) is 98.3 cm³/mol. The summed E-state index contributed by atoms with van der Waals surface area (Å²) in [7, 11) is 0. The summed E-state index contributed by atoms with van der Waals surface area (Å²) >= 11 is 0. The number of amides is 1. The monoisotopic (exact) mass is 371 g/mol. The lowest BCUT2D eigenvalue weighted by Crippen LogP contribution is -2.34. The lowest BCUT2D eigenvalue weighted by molar-refractivity contribution is -0.142. The number of hydrogen-bond donors (Lipinski definition) is 2. The highest BCUT2D eigenvalue weighted by molar-refractivity contribution is 5.84. The van der Waals surface area contributed by atoms with Gasteiger partial charge in [-0.2, -0.15) is 4.98 Å². The van der Waals surface area contributed by atoms with E-state index in [-0.39, 0.29) is 12.3 Å². The van der Waals surface area contributed by atoms with E-state index in [1.807, 2.05) is 19.9 Å². The summed E-state index contributed by atoms with van der Waals surface area (Å²) in [5.74, 6) is 0.0539. The molecule has 27 heavy (non-hydrogen) atoms. The van der Waals surface area contributed by atoms with Crippen LogP contribution in [0.2, 0.25) is 0 Å². The summed E-state index contributed by atoms with van der Waals surface area (Å²) in [5, 5.41) is 16.1. The van der Waals surface area contributed by atoms with E-state index in [2.05, 4.69) is 15.5 Å². The van der Waals surface area contributed by atoms with Crippen molar-refractivity contribution in [3.05, 3.63) is 46.6 Å². The largest absolute Gasteiger partial charge is 0.479 e. The van der Waals surface area contributed by atoms with Crippen molar-refractivity contribution < 1.29 is 19.2 Å². The van der Waals surface area contributed by atoms with Crippen molar-refractivity contribution >= 4 is 11.9 Å². The smallest absolute Gasteiger partial charge is 0.330 e. The number of nitrogens with zero attached hydrogens (tertiary/aromatic N) is 2. The molecule has 1 heterocycles. The molecule has 2 aromatic rings. The summed E-state index contributed by atoms with van der Waals surface area (Å²) in [4.78, 5) is 28.2. The molecular weight excluding hydrogens is 346 g/mol. The quantitative estimate of drug-likeness (QED) is 0.774. The third-order valence-corrected chi connectivity index (χ3v) is 5.19. The fourth-order valence-corrected chi connectivity index (χ4v) is 3.40. The Morgan fingerprint density at radius 3 is 2.67 bits per heavy atom. The molecule has 1 atom stereocenters. The minimum Gasteiger partial charge on any atom is -0.479 e. The zero-order valence-corrected chi connectivity index (χ0v) is 15.7. The highest BCUT2D eigenvalue weighted by Crippen LogP contribution is 2.32. The van der Waals surface area contributed by atoms with Crippen LogP contribution < -0.4 is 5.32 Å². The number of aryl methyl sites for hydroxylation is 3. The second-order valence-electron chi connectivity index (χ2n) is 7.21. The summed E-state index contributed by atoms with van der Waals surface area (Å²) < 4.78 is 5.24. The van der Waals surface area contributed by atoms with Crippen LogP contribution in [-0.2, 0) is 16.0 Å². The number of aromatic nitrogens is 2. The van der Waals surface area contributed by atoms with Gasteiger partial charge in [0.1, 0.15) is 0 Å². The molecule has 1 aromatic heterocycles. The zero-order chi connectivity index (χ0) is 19.4. The lowest BCUT2D eigenvalue weighted by Gasteiger charge is -2.16. The van der Waals surface area contributed by atoms with Crippen molar-refractivity contribution in [2.24, 2.45) is 0 Å². The third kappa shape index (κ3) is 4.72. The van der Waals surface area contributed by atoms with Gasteiger partial charge in [-0.15, -0.1) is 0 Å². The maximum Gasteiger partial charge on any atom is 0.330 e. The van der Waals surface area contributed by atoms with Crippen LogP contribution >= 0.6 is 0 Å². The highest BCUT2D eigenvalue weighted by Gasteiger charge is 2.24. The first-order valence-electron chi connectivity index (χ1n) is 9.36. The van der Waals surface area contributed by atoms with E-state index in [4.69, 9.17) is 4.52 Å². The molecule has 2 N–H and O–H groups in total. The summed E-state index contributed by atoms with van der Waals surface area (Å²) in [6.45, 7) is 3.87. The molecule has 1 aliphatic rings. The van der Waals surface area contributed by atoms with Crippen LogP contribution in [0, 0.1) is 13.8 Å². The van der Waals surface area contributed by atoms with Crippen LogP contribution in [-0.4, -0.2) is 27.1 Å². The van der Waals surface area contributed by atoms with Gasteiger partial charge in [-0.3, -0.25) is 4.79 Å². The summed E-state index contributed by atoms with van der Waals surface area (Å²) in [5.41, 5.74) is 2.61. The Kier molecular flexibility index (Phi) is 5.88. The van der Waals surface area contributed by atoms with Crippen molar-refractivity contribution in [2.75, 3.05) is 0 Å². The number of aliphatic carboxylic acids is 1. The number of carbonyl (C=O) groups excluding carboxylic acids is 1. The Balaban J connectivity index is 1.58. The lowest BCUT2D eigenvalue weighted by atomic mass is 10.0. The maximum absolute atomic E-state index is 12.3. The van der Waals surface area contributed by atoms with Crippen LogP contribution in [0.25, 0.3) is 0 Å². The Morgan fingerprint density at radius 1 is 1.26 bits per heavy atom. The number of benzene rings is 1. The Hall–Kier alpha value is -2.70. The third-order valence-electron chi connectivity index (χ3n) is 5.19. The molecule has 1 aromatic carbocycles. The molecule has 1 saturated carbocycles. The number of carbonyl (C=O) groups is 2. The summed E-state index contributed by atoms with van der Waals surface area (Å²) in [6.07, 6.45) is 4.93. The molecule has 3 rings (SSSR count). The van der Waals surface area contributed by atoms with Gasteiger partial charge in [0.2, 0.25) is 11.8 Å². The molecule has 1 unspecified atom stereocenters. The molecule has 0 aliphatic heterocycles. The maximum atomic E-state index is 12.3. The minimum atomic E-state index is -1.09. The van der Waals surface area contributed by atoms with Gasteiger partial charge in [0.05, 0.1) is 0 Å². The van der Waals surface area contributed by atoms with Gasteiger partial charge >= 0.3 is 5.97 Å². The minimum absolute atomic E-state index is 0.0981. The van der Waals surface area contributed by atoms with Gasteiger partial charge in [-0.25, -0.2) is 4.79 Å². The van der Waals surface area contributed by atoms with E-state index >= 15 is 0 Å². The van der Waals surface area contributed by atoms with Crippen molar-refractivity contribution in [2.45, 2.75) is 64.3 Å². The van der Waals surface area contributed by atoms with E-state index < -0.39 is 12.0 Å². The zero-order valence-electron chi connectivity index (χ0n) is 15.7. The van der Waals surface area contributed by atoms with E-state index in [0.717, 1.165) is 29.8 Å². The fraction of sp³-hybridized carbons (Fsp3) is 0.500. The van der Waals surface area contributed by atoms with Gasteiger partial charge in [-0.05, 0) is 43.4 Å². The van der Waals surface area contributed by atoms with Crippen LogP contribution in [0.1, 0.15) is 72.5 Å². The topological polar surface area (TPSA) is 105 Å². The summed E-state index contributed by atoms with van der Waals surface area (Å²) in [6, 6.07) is 4.30. The number of hydrogen-bond acceptors (Lipinski definition) is 5. The molecule has 0 saturated heterocycles. The fourth-order valence-electron chi connectivity index (χ4n) is 3.40. The van der Waals surface area contributed by atoms with E-state index in [0.29, 0.717) is 23.8 Å². The second kappa shape index (κ2) is 8.33. The first-order valence-corrected chi connectivity index (χ1v) is 9.36. The Morgan fingerprint density at radius 2 is 2.00 bits per heavy atom. The van der Waals surface area contributed by atoms with Crippen molar-refractivity contribution in [3.63, 3.8) is 0 Å². The molecule has 0 bridgehead atoms. The SMILES string of the molecule is Cc1ccc(C(NC(=O)CCc2nc(C3CCCC3)no2)C(=O)O)cc1C. The second-order valence-corrected chi connectivity index (χ2v) is 7.21. The van der Waals surface area contributed by atoms with Gasteiger partial charge in [0, 0.05) is 18.8 Å². The van der Waals surface area contributed by atoms with Gasteiger partial charge in [0.25, 0.3) is 0 Å². The van der Waals surface area contributed by atoms with Crippen LogP contribution in [0.4, 0.5) is 0 Å². The van der Waals surface area contributed by atoms with Crippen LogP contribution in [0.3, 0.4) is 0 Å². The standard InChI is InChI=1S/C20H25N3O4/c1-12-7-8-15(11-13(12)2)18(20(25)26)21-16(24)9-10-17-22-19(23-27-17)14-5-3-4-6-14/h7-8,11,14,18H,3-6,9-10H2,1-2H3,(H,21,24)(H,25,26). The average Bonchev–Trinajstić information content (AvgIpc) is 3.31. The van der Waals surface area contributed by atoms with Crippen LogP contribution in [0.15, 0.2) is 22.7 Å². The highest BCUT2D eigenvalue weighted by atomic mass is 16.5. The molecule has 0 radical (unpaired) electrons. The molecular formula is C20H25N3O4. The first kappa shape index (κ1) is 19.1. The number of nitrogens with one attached hydrogen (secondary N) is 1. The van der Waals surface area contributed by atoms with Crippen LogP contribution in [0.5, 0.6) is 0 Å². The number of rotatable bonds is 7. The van der Waals surface area contributed by atoms with Gasteiger partial charge < -0.3 is 14.9 Å². The number of carboxylic acid groups (broad SMARTS) is 1. The van der Waals surface area contributed by atoms with Crippen molar-refractivity contribution in [1.82, 2.24) is 15.5 Å². The van der Waals surface area contributed by atoms with E-state index in [1.54, 1.807) is 12.1 Å². The molecule has 1 aliphatic carbocycles. The molecule has 144 valence electrons. The Labute approximate surface area is 158 Å². The van der Waals surface area contributed by atoms with Crippen molar-refractivity contribution in [1.29, 1.82) is 0 Å². The van der Waals surface area contributed by atoms with Crippen molar-refractivity contribution in [3.8, 4) is 0 Å². The van der Waals surface area contributed by atoms with Gasteiger partial charge in [-0.1, -0.05) is 36.2 Å². The molecule has 0 spiro atoms. The predicted octanol–water partition coefficient (Wildman–Crippen LogP) is 3.22. The normalized spacial score (nSPS) is 15.6. The van der Waals surface area contributed by atoms with E-state index in [1.165, 1.54) is 12.8 Å². The molecule has 1 amide bonds. The van der Waals surface area contributed by atoms with Gasteiger partial charge in [0.15, 0.2) is 11.9 Å². The first-order chi connectivity index (χ1) is 12.9. The molecule has 7 nitrogen and oxygen atoms in total. The Bertz CT molecular complexity index is 824. The number of carboxylic acids is 1. The molecule has 7 heteroatoms. The molecule has 1 fully saturated rings. The average molecular weight is 371 g/mol. The van der Waals surface area contributed by atoms with E-state index in [9.17, 15) is 14.7 Å².